The van der Waals surface area contributed by atoms with E-state index < -0.39 is 0 Å². The molecule has 1 aliphatic heterocycles. The number of hydrogen-bond acceptors (Lipinski definition) is 2. The van der Waals surface area contributed by atoms with E-state index in [2.05, 4.69) is 25.2 Å². The van der Waals surface area contributed by atoms with Crippen LogP contribution in [-0.2, 0) is 4.74 Å². The Labute approximate surface area is 106 Å². The molecule has 0 radical (unpaired) electrons. The van der Waals surface area contributed by atoms with Crippen molar-refractivity contribution in [2.45, 2.75) is 58.4 Å². The summed E-state index contributed by atoms with van der Waals surface area (Å²) in [5.41, 5.74) is 0. The maximum Gasteiger partial charge on any atom is 0.109 e. The second-order valence-electron chi connectivity index (χ2n) is 5.52. The fraction of sp³-hybridized carbons (Fsp3) is 0.867. The van der Waals surface area contributed by atoms with Crippen LogP contribution in [0.3, 0.4) is 0 Å². The fourth-order valence-corrected chi connectivity index (χ4v) is 3.24. The molecule has 3 unspecified atom stereocenters. The topological polar surface area (TPSA) is 21.3 Å². The fourth-order valence-electron chi connectivity index (χ4n) is 3.24. The van der Waals surface area contributed by atoms with Crippen molar-refractivity contribution >= 4 is 0 Å². The van der Waals surface area contributed by atoms with Crippen LogP contribution in [0.25, 0.3) is 0 Å². The summed E-state index contributed by atoms with van der Waals surface area (Å²) in [6.45, 7) is 6.56. The van der Waals surface area contributed by atoms with E-state index in [1.807, 2.05) is 0 Å². The molecular formula is C15H27NO. The number of rotatable bonds is 6. The average Bonchev–Trinajstić information content (AvgIpc) is 3.00. The van der Waals surface area contributed by atoms with Gasteiger partial charge in [0.1, 0.15) is 5.76 Å². The zero-order valence-electron chi connectivity index (χ0n) is 11.4. The molecule has 1 N–H and O–H groups in total. The van der Waals surface area contributed by atoms with Gasteiger partial charge in [-0.05, 0) is 43.7 Å². The summed E-state index contributed by atoms with van der Waals surface area (Å²) in [7, 11) is 0. The van der Waals surface area contributed by atoms with Gasteiger partial charge in [-0.1, -0.05) is 26.7 Å². The maximum atomic E-state index is 5.79. The molecule has 1 heterocycles. The quantitative estimate of drug-likeness (QED) is 0.763. The van der Waals surface area contributed by atoms with E-state index in [4.69, 9.17) is 4.74 Å². The first-order valence-electron chi connectivity index (χ1n) is 7.41. The molecule has 0 aromatic rings. The van der Waals surface area contributed by atoms with Crippen molar-refractivity contribution in [2.24, 2.45) is 11.8 Å². The highest BCUT2D eigenvalue weighted by Crippen LogP contribution is 2.37. The highest BCUT2D eigenvalue weighted by molar-refractivity contribution is 5.10. The minimum atomic E-state index is 0.494. The van der Waals surface area contributed by atoms with Crippen LogP contribution in [-0.4, -0.2) is 19.2 Å². The van der Waals surface area contributed by atoms with Gasteiger partial charge in [-0.3, -0.25) is 0 Å². The van der Waals surface area contributed by atoms with Crippen LogP contribution in [0.1, 0.15) is 52.4 Å². The molecule has 0 saturated heterocycles. The third-order valence-corrected chi connectivity index (χ3v) is 4.28. The first-order chi connectivity index (χ1) is 8.35. The van der Waals surface area contributed by atoms with E-state index in [1.165, 1.54) is 37.9 Å². The summed E-state index contributed by atoms with van der Waals surface area (Å²) in [6, 6.07) is 0.494. The molecule has 2 nitrogen and oxygen atoms in total. The standard InChI is InChI=1S/C15H27NO/c1-3-9-16-15(14-6-5-10-17-14)13-8-7-12(4-2)11-13/h6,12-13,15-16H,3-5,7-11H2,1-2H3. The number of hydrogen-bond donors (Lipinski definition) is 1. The molecule has 1 fully saturated rings. The third-order valence-electron chi connectivity index (χ3n) is 4.28. The lowest BCUT2D eigenvalue weighted by molar-refractivity contribution is 0.191. The number of ether oxygens (including phenoxy) is 1. The van der Waals surface area contributed by atoms with E-state index in [-0.39, 0.29) is 0 Å². The van der Waals surface area contributed by atoms with Gasteiger partial charge < -0.3 is 10.1 Å². The van der Waals surface area contributed by atoms with Crippen molar-refractivity contribution in [3.63, 3.8) is 0 Å². The Balaban J connectivity index is 1.95. The van der Waals surface area contributed by atoms with Crippen molar-refractivity contribution in [3.8, 4) is 0 Å². The second kappa shape index (κ2) is 6.44. The second-order valence-corrected chi connectivity index (χ2v) is 5.52. The molecule has 2 aliphatic rings. The molecule has 0 spiro atoms. The smallest absolute Gasteiger partial charge is 0.109 e. The summed E-state index contributed by atoms with van der Waals surface area (Å²) >= 11 is 0. The molecular weight excluding hydrogens is 210 g/mol. The molecule has 1 saturated carbocycles. The lowest BCUT2D eigenvalue weighted by Gasteiger charge is -2.25. The Bertz CT molecular complexity index is 262. The Kier molecular flexibility index (Phi) is 4.90. The summed E-state index contributed by atoms with van der Waals surface area (Å²) in [4.78, 5) is 0. The molecule has 3 atom stereocenters. The molecule has 17 heavy (non-hydrogen) atoms. The molecule has 0 aromatic heterocycles. The van der Waals surface area contributed by atoms with Gasteiger partial charge in [-0.25, -0.2) is 0 Å². The highest BCUT2D eigenvalue weighted by atomic mass is 16.5. The van der Waals surface area contributed by atoms with Crippen molar-refractivity contribution in [1.82, 2.24) is 5.32 Å². The summed E-state index contributed by atoms with van der Waals surface area (Å²) < 4.78 is 5.79. The monoisotopic (exact) mass is 237 g/mol. The molecule has 98 valence electrons. The van der Waals surface area contributed by atoms with Crippen LogP contribution >= 0.6 is 0 Å². The van der Waals surface area contributed by atoms with Gasteiger partial charge >= 0.3 is 0 Å². The van der Waals surface area contributed by atoms with E-state index in [9.17, 15) is 0 Å². The van der Waals surface area contributed by atoms with E-state index in [0.717, 1.165) is 31.4 Å². The SMILES string of the molecule is CCCNC(C1=CCCO1)C1CCC(CC)C1. The van der Waals surface area contributed by atoms with E-state index in [1.54, 1.807) is 0 Å². The van der Waals surface area contributed by atoms with Gasteiger partial charge in [-0.2, -0.15) is 0 Å². The lowest BCUT2D eigenvalue weighted by Crippen LogP contribution is -2.37. The zero-order chi connectivity index (χ0) is 12.1. The van der Waals surface area contributed by atoms with Crippen molar-refractivity contribution in [3.05, 3.63) is 11.8 Å². The van der Waals surface area contributed by atoms with Gasteiger partial charge in [0.05, 0.1) is 12.6 Å². The van der Waals surface area contributed by atoms with E-state index in [0.29, 0.717) is 6.04 Å². The van der Waals surface area contributed by atoms with Crippen molar-refractivity contribution < 1.29 is 4.74 Å². The Morgan fingerprint density at radius 2 is 2.29 bits per heavy atom. The molecule has 0 aromatic carbocycles. The van der Waals surface area contributed by atoms with Crippen LogP contribution in [0.2, 0.25) is 0 Å². The molecule has 2 rings (SSSR count). The Hall–Kier alpha value is -0.500. The molecule has 1 aliphatic carbocycles. The van der Waals surface area contributed by atoms with Crippen molar-refractivity contribution in [1.29, 1.82) is 0 Å². The average molecular weight is 237 g/mol. The minimum absolute atomic E-state index is 0.494. The first kappa shape index (κ1) is 12.9. The van der Waals surface area contributed by atoms with E-state index >= 15 is 0 Å². The third kappa shape index (κ3) is 3.25. The predicted octanol–water partition coefficient (Wildman–Crippen LogP) is 3.49. The van der Waals surface area contributed by atoms with Crippen LogP contribution in [0.5, 0.6) is 0 Å². The van der Waals surface area contributed by atoms with Gasteiger partial charge in [-0.15, -0.1) is 0 Å². The van der Waals surface area contributed by atoms with Gasteiger partial charge in [0.2, 0.25) is 0 Å². The zero-order valence-corrected chi connectivity index (χ0v) is 11.4. The van der Waals surface area contributed by atoms with Crippen LogP contribution in [0.4, 0.5) is 0 Å². The van der Waals surface area contributed by atoms with Crippen LogP contribution in [0.15, 0.2) is 11.8 Å². The van der Waals surface area contributed by atoms with Crippen LogP contribution in [0, 0.1) is 11.8 Å². The van der Waals surface area contributed by atoms with Gasteiger partial charge in [0.25, 0.3) is 0 Å². The van der Waals surface area contributed by atoms with Crippen LogP contribution < -0.4 is 5.32 Å². The summed E-state index contributed by atoms with van der Waals surface area (Å²) in [5.74, 6) is 2.99. The van der Waals surface area contributed by atoms with Gasteiger partial charge in [0, 0.05) is 6.42 Å². The highest BCUT2D eigenvalue weighted by Gasteiger charge is 2.33. The molecule has 0 amide bonds. The van der Waals surface area contributed by atoms with Crippen molar-refractivity contribution in [2.75, 3.05) is 13.2 Å². The number of nitrogens with one attached hydrogen (secondary N) is 1. The summed E-state index contributed by atoms with van der Waals surface area (Å²) in [6.07, 6.45) is 10.1. The largest absolute Gasteiger partial charge is 0.496 e. The Morgan fingerprint density at radius 3 is 2.88 bits per heavy atom. The lowest BCUT2D eigenvalue weighted by atomic mass is 9.94. The minimum Gasteiger partial charge on any atom is -0.496 e. The summed E-state index contributed by atoms with van der Waals surface area (Å²) in [5, 5.41) is 3.70. The molecule has 0 bridgehead atoms. The normalized spacial score (nSPS) is 30.1. The predicted molar refractivity (Wildman–Crippen MR) is 71.9 cm³/mol. The van der Waals surface area contributed by atoms with Gasteiger partial charge in [0.15, 0.2) is 0 Å². The first-order valence-corrected chi connectivity index (χ1v) is 7.41. The maximum absolute atomic E-state index is 5.79. The Morgan fingerprint density at radius 1 is 1.41 bits per heavy atom. The molecule has 2 heteroatoms.